The van der Waals surface area contributed by atoms with Crippen molar-refractivity contribution in [1.82, 2.24) is 15.1 Å². The second kappa shape index (κ2) is 7.47. The molecule has 5 nitrogen and oxygen atoms in total. The monoisotopic (exact) mass is 285 g/mol. The van der Waals surface area contributed by atoms with Crippen molar-refractivity contribution in [1.29, 1.82) is 0 Å². The molecule has 0 aliphatic rings. The van der Waals surface area contributed by atoms with Crippen LogP contribution >= 0.6 is 0 Å². The van der Waals surface area contributed by atoms with E-state index in [0.717, 1.165) is 25.2 Å². The third kappa shape index (κ3) is 4.95. The molecule has 1 aromatic heterocycles. The zero-order chi connectivity index (χ0) is 15.1. The van der Waals surface area contributed by atoms with Gasteiger partial charge in [-0.15, -0.1) is 0 Å². The summed E-state index contributed by atoms with van der Waals surface area (Å²) >= 11 is 0. The molecule has 0 saturated heterocycles. The Morgan fingerprint density at radius 2 is 2.10 bits per heavy atom. The van der Waals surface area contributed by atoms with Crippen LogP contribution in [0, 0.1) is 5.92 Å². The second-order valence-electron chi connectivity index (χ2n) is 5.41. The fraction of sp³-hybridized carbons (Fsp3) is 0.375. The van der Waals surface area contributed by atoms with Crippen molar-refractivity contribution in [3.8, 4) is 5.69 Å². The Balaban J connectivity index is 1.80. The van der Waals surface area contributed by atoms with Crippen LogP contribution in [0.5, 0.6) is 0 Å². The molecule has 0 radical (unpaired) electrons. The van der Waals surface area contributed by atoms with Crippen LogP contribution in [0.1, 0.15) is 19.4 Å². The van der Waals surface area contributed by atoms with Crippen LogP contribution < -0.4 is 11.1 Å². The molecule has 0 aliphatic carbocycles. The van der Waals surface area contributed by atoms with E-state index in [9.17, 15) is 0 Å². The average molecular weight is 285 g/mol. The van der Waals surface area contributed by atoms with Gasteiger partial charge in [-0.25, -0.2) is 4.68 Å². The number of benzene rings is 1. The molecule has 1 aromatic carbocycles. The Hall–Kier alpha value is -2.30. The lowest BCUT2D eigenvalue weighted by Gasteiger charge is -2.07. The molecule has 2 rings (SSSR count). The highest BCUT2D eigenvalue weighted by Crippen LogP contribution is 2.08. The van der Waals surface area contributed by atoms with Crippen LogP contribution in [0.3, 0.4) is 0 Å². The molecular formula is C16H23N5. The molecule has 5 heteroatoms. The summed E-state index contributed by atoms with van der Waals surface area (Å²) in [7, 11) is 0. The molecule has 0 unspecified atom stereocenters. The fourth-order valence-corrected chi connectivity index (χ4v) is 1.91. The van der Waals surface area contributed by atoms with Gasteiger partial charge in [0.1, 0.15) is 0 Å². The molecule has 0 bridgehead atoms. The van der Waals surface area contributed by atoms with Gasteiger partial charge in [0.2, 0.25) is 0 Å². The number of aromatic nitrogens is 2. The van der Waals surface area contributed by atoms with Crippen molar-refractivity contribution in [2.45, 2.75) is 20.3 Å². The predicted molar refractivity (Wildman–Crippen MR) is 86.6 cm³/mol. The van der Waals surface area contributed by atoms with Gasteiger partial charge >= 0.3 is 0 Å². The highest BCUT2D eigenvalue weighted by atomic mass is 15.3. The fourth-order valence-electron chi connectivity index (χ4n) is 1.91. The summed E-state index contributed by atoms with van der Waals surface area (Å²) in [5.41, 5.74) is 8.13. The molecule has 21 heavy (non-hydrogen) atoms. The number of hydrogen-bond donors (Lipinski definition) is 2. The van der Waals surface area contributed by atoms with Crippen LogP contribution in [-0.2, 0) is 6.42 Å². The van der Waals surface area contributed by atoms with E-state index in [1.807, 2.05) is 16.9 Å². The Kier molecular flexibility index (Phi) is 5.37. The van der Waals surface area contributed by atoms with Gasteiger partial charge in [-0.1, -0.05) is 26.0 Å². The van der Waals surface area contributed by atoms with E-state index in [4.69, 9.17) is 5.73 Å². The number of guanidine groups is 1. The van der Waals surface area contributed by atoms with E-state index < -0.39 is 0 Å². The first-order chi connectivity index (χ1) is 10.1. The summed E-state index contributed by atoms with van der Waals surface area (Å²) in [6, 6.07) is 10.3. The normalized spacial score (nSPS) is 11.9. The SMILES string of the molecule is CC(C)CN=C(N)NCCc1ccc(-n2cccn2)cc1. The molecule has 2 aromatic rings. The highest BCUT2D eigenvalue weighted by Gasteiger charge is 1.98. The molecule has 0 atom stereocenters. The predicted octanol–water partition coefficient (Wildman–Crippen LogP) is 1.98. The Morgan fingerprint density at radius 1 is 1.33 bits per heavy atom. The van der Waals surface area contributed by atoms with Crippen molar-refractivity contribution in [3.05, 3.63) is 48.3 Å². The first kappa shape index (κ1) is 15.1. The van der Waals surface area contributed by atoms with Crippen LogP contribution in [-0.4, -0.2) is 28.8 Å². The van der Waals surface area contributed by atoms with Crippen molar-refractivity contribution >= 4 is 5.96 Å². The number of aliphatic imine (C=N–C) groups is 1. The Morgan fingerprint density at radius 3 is 2.71 bits per heavy atom. The average Bonchev–Trinajstić information content (AvgIpc) is 3.00. The summed E-state index contributed by atoms with van der Waals surface area (Å²) in [5.74, 6) is 1.05. The standard InChI is InChI=1S/C16H23N5/c1-13(2)12-19-16(17)18-10-8-14-4-6-15(7-5-14)21-11-3-9-20-21/h3-7,9,11,13H,8,10,12H2,1-2H3,(H3,17,18,19). The summed E-state index contributed by atoms with van der Waals surface area (Å²) in [4.78, 5) is 4.27. The van der Waals surface area contributed by atoms with Crippen molar-refractivity contribution in [2.75, 3.05) is 13.1 Å². The number of rotatable bonds is 6. The third-order valence-corrected chi connectivity index (χ3v) is 3.05. The quantitative estimate of drug-likeness (QED) is 0.630. The van der Waals surface area contributed by atoms with Crippen LogP contribution in [0.4, 0.5) is 0 Å². The molecule has 112 valence electrons. The molecule has 0 saturated carbocycles. The van der Waals surface area contributed by atoms with Crippen LogP contribution in [0.25, 0.3) is 5.69 Å². The van der Waals surface area contributed by atoms with Crippen molar-refractivity contribution in [3.63, 3.8) is 0 Å². The molecular weight excluding hydrogens is 262 g/mol. The van der Waals surface area contributed by atoms with Gasteiger partial charge in [0.05, 0.1) is 5.69 Å². The maximum atomic E-state index is 5.80. The van der Waals surface area contributed by atoms with Crippen molar-refractivity contribution < 1.29 is 0 Å². The minimum atomic E-state index is 0.525. The lowest BCUT2D eigenvalue weighted by Crippen LogP contribution is -2.33. The third-order valence-electron chi connectivity index (χ3n) is 3.05. The second-order valence-corrected chi connectivity index (χ2v) is 5.41. The molecule has 3 N–H and O–H groups in total. The van der Waals surface area contributed by atoms with Gasteiger partial charge in [-0.3, -0.25) is 4.99 Å². The lowest BCUT2D eigenvalue weighted by molar-refractivity contribution is 0.661. The smallest absolute Gasteiger partial charge is 0.188 e. The van der Waals surface area contributed by atoms with E-state index >= 15 is 0 Å². The van der Waals surface area contributed by atoms with E-state index in [1.54, 1.807) is 6.20 Å². The summed E-state index contributed by atoms with van der Waals surface area (Å²) in [6.07, 6.45) is 4.62. The van der Waals surface area contributed by atoms with Crippen LogP contribution in [0.15, 0.2) is 47.7 Å². The first-order valence-electron chi connectivity index (χ1n) is 7.28. The molecule has 0 spiro atoms. The number of nitrogens with zero attached hydrogens (tertiary/aromatic N) is 3. The number of nitrogens with two attached hydrogens (primary N) is 1. The summed E-state index contributed by atoms with van der Waals surface area (Å²) in [5, 5.41) is 7.35. The van der Waals surface area contributed by atoms with Gasteiger partial charge in [0.25, 0.3) is 0 Å². The number of nitrogens with one attached hydrogen (secondary N) is 1. The van der Waals surface area contributed by atoms with Gasteiger partial charge in [0, 0.05) is 25.5 Å². The van der Waals surface area contributed by atoms with Gasteiger partial charge in [-0.05, 0) is 36.1 Å². The van der Waals surface area contributed by atoms with Gasteiger partial charge < -0.3 is 11.1 Å². The van der Waals surface area contributed by atoms with E-state index in [1.165, 1.54) is 5.56 Å². The first-order valence-corrected chi connectivity index (χ1v) is 7.28. The van der Waals surface area contributed by atoms with Crippen molar-refractivity contribution in [2.24, 2.45) is 16.6 Å². The Labute approximate surface area is 125 Å². The molecule has 0 aliphatic heterocycles. The topological polar surface area (TPSA) is 68.2 Å². The molecule has 1 heterocycles. The minimum absolute atomic E-state index is 0.525. The van der Waals surface area contributed by atoms with Gasteiger partial charge in [0.15, 0.2) is 5.96 Å². The lowest BCUT2D eigenvalue weighted by atomic mass is 10.1. The Bertz CT molecular complexity index is 555. The van der Waals surface area contributed by atoms with Gasteiger partial charge in [-0.2, -0.15) is 5.10 Å². The molecule has 0 fully saturated rings. The maximum Gasteiger partial charge on any atom is 0.188 e. The maximum absolute atomic E-state index is 5.80. The highest BCUT2D eigenvalue weighted by molar-refractivity contribution is 5.77. The largest absolute Gasteiger partial charge is 0.370 e. The van der Waals surface area contributed by atoms with E-state index in [0.29, 0.717) is 11.9 Å². The zero-order valence-corrected chi connectivity index (χ0v) is 12.7. The minimum Gasteiger partial charge on any atom is -0.370 e. The van der Waals surface area contributed by atoms with E-state index in [-0.39, 0.29) is 0 Å². The number of hydrogen-bond acceptors (Lipinski definition) is 2. The summed E-state index contributed by atoms with van der Waals surface area (Å²) < 4.78 is 1.85. The van der Waals surface area contributed by atoms with Crippen LogP contribution in [0.2, 0.25) is 0 Å². The molecule has 0 amide bonds. The summed E-state index contributed by atoms with van der Waals surface area (Å²) in [6.45, 7) is 5.79. The van der Waals surface area contributed by atoms with E-state index in [2.05, 4.69) is 53.5 Å². The zero-order valence-electron chi connectivity index (χ0n) is 12.7.